The molecule has 2 aromatic rings. The minimum absolute atomic E-state index is 0.0161. The lowest BCUT2D eigenvalue weighted by molar-refractivity contribution is -0.130. The van der Waals surface area contributed by atoms with E-state index < -0.39 is 6.10 Å². The van der Waals surface area contributed by atoms with Crippen molar-refractivity contribution >= 4 is 11.8 Å². The van der Waals surface area contributed by atoms with Crippen LogP contribution in [0.3, 0.4) is 0 Å². The van der Waals surface area contributed by atoms with Crippen molar-refractivity contribution in [2.45, 2.75) is 32.5 Å². The number of aryl methyl sites for hydroxylation is 1. The summed E-state index contributed by atoms with van der Waals surface area (Å²) in [4.78, 5) is 34.4. The highest BCUT2D eigenvalue weighted by molar-refractivity contribution is 5.90. The smallest absolute Gasteiger partial charge is 0.290 e. The van der Waals surface area contributed by atoms with Gasteiger partial charge in [0.2, 0.25) is 5.91 Å². The number of amides is 2. The molecule has 0 fully saturated rings. The van der Waals surface area contributed by atoms with Gasteiger partial charge in [-0.05, 0) is 13.0 Å². The van der Waals surface area contributed by atoms with E-state index in [9.17, 15) is 14.7 Å². The normalized spacial score (nSPS) is 15.0. The standard InChI is InChI=1S/C16H22N6O3/c1-10-8-17-15(18-10)16(25)21-4-5-22-11(9-21)6-12(19-22)13(23)7-14(24)20(2)3/h6,8,13,23H,4-5,7,9H2,1-3H3,(H,17,18)/t13-/m0/s1. The third-order valence-electron chi connectivity index (χ3n) is 4.22. The van der Waals surface area contributed by atoms with E-state index >= 15 is 0 Å². The molecule has 0 saturated heterocycles. The third kappa shape index (κ3) is 3.55. The van der Waals surface area contributed by atoms with Crippen LogP contribution in [0.25, 0.3) is 0 Å². The number of hydrogen-bond acceptors (Lipinski definition) is 5. The first kappa shape index (κ1) is 17.2. The number of carbonyl (C=O) groups is 2. The number of nitrogens with one attached hydrogen (secondary N) is 1. The number of aliphatic hydroxyl groups is 1. The maximum absolute atomic E-state index is 12.5. The van der Waals surface area contributed by atoms with Crippen molar-refractivity contribution in [2.24, 2.45) is 0 Å². The largest absolute Gasteiger partial charge is 0.386 e. The lowest BCUT2D eigenvalue weighted by Crippen LogP contribution is -2.38. The second kappa shape index (κ2) is 6.67. The molecule has 9 heteroatoms. The third-order valence-corrected chi connectivity index (χ3v) is 4.22. The Morgan fingerprint density at radius 2 is 2.16 bits per heavy atom. The lowest BCUT2D eigenvalue weighted by Gasteiger charge is -2.26. The average molecular weight is 346 g/mol. The number of carbonyl (C=O) groups excluding carboxylic acids is 2. The summed E-state index contributed by atoms with van der Waals surface area (Å²) in [6.45, 7) is 3.28. The highest BCUT2D eigenvalue weighted by atomic mass is 16.3. The molecule has 0 spiro atoms. The van der Waals surface area contributed by atoms with E-state index in [1.807, 2.05) is 6.92 Å². The number of hydrogen-bond donors (Lipinski definition) is 2. The van der Waals surface area contributed by atoms with Crippen LogP contribution in [0.5, 0.6) is 0 Å². The van der Waals surface area contributed by atoms with E-state index in [1.165, 1.54) is 4.90 Å². The second-order valence-electron chi connectivity index (χ2n) is 6.43. The zero-order chi connectivity index (χ0) is 18.1. The van der Waals surface area contributed by atoms with Crippen LogP contribution in [0, 0.1) is 6.92 Å². The van der Waals surface area contributed by atoms with Crippen LogP contribution in [-0.4, -0.2) is 67.1 Å². The molecule has 0 saturated carbocycles. The van der Waals surface area contributed by atoms with Gasteiger partial charge in [0.05, 0.1) is 30.9 Å². The number of aromatic amines is 1. The van der Waals surface area contributed by atoms with Crippen LogP contribution in [0.1, 0.15) is 40.2 Å². The van der Waals surface area contributed by atoms with Crippen molar-refractivity contribution in [3.63, 3.8) is 0 Å². The zero-order valence-corrected chi connectivity index (χ0v) is 14.6. The van der Waals surface area contributed by atoms with Gasteiger partial charge in [0.15, 0.2) is 5.82 Å². The Morgan fingerprint density at radius 3 is 2.80 bits per heavy atom. The monoisotopic (exact) mass is 346 g/mol. The van der Waals surface area contributed by atoms with Gasteiger partial charge in [-0.1, -0.05) is 0 Å². The molecule has 1 aliphatic heterocycles. The molecule has 0 bridgehead atoms. The van der Waals surface area contributed by atoms with E-state index in [1.54, 1.807) is 35.9 Å². The summed E-state index contributed by atoms with van der Waals surface area (Å²) in [5.41, 5.74) is 2.11. The van der Waals surface area contributed by atoms with Crippen molar-refractivity contribution in [3.8, 4) is 0 Å². The SMILES string of the molecule is Cc1cnc(C(=O)N2CCn3nc([C@@H](O)CC(=O)N(C)C)cc3C2)[nH]1. The fourth-order valence-electron chi connectivity index (χ4n) is 2.75. The van der Waals surface area contributed by atoms with Crippen LogP contribution >= 0.6 is 0 Å². The van der Waals surface area contributed by atoms with Crippen molar-refractivity contribution in [3.05, 3.63) is 35.2 Å². The van der Waals surface area contributed by atoms with Crippen molar-refractivity contribution < 1.29 is 14.7 Å². The highest BCUT2D eigenvalue weighted by Gasteiger charge is 2.26. The van der Waals surface area contributed by atoms with E-state index in [0.29, 0.717) is 31.2 Å². The molecule has 2 N–H and O–H groups in total. The number of aromatic nitrogens is 4. The number of aliphatic hydroxyl groups excluding tert-OH is 1. The van der Waals surface area contributed by atoms with Crippen molar-refractivity contribution in [1.82, 2.24) is 29.5 Å². The maximum atomic E-state index is 12.5. The summed E-state index contributed by atoms with van der Waals surface area (Å²) in [6, 6.07) is 1.75. The molecule has 9 nitrogen and oxygen atoms in total. The zero-order valence-electron chi connectivity index (χ0n) is 14.6. The number of nitrogens with zero attached hydrogens (tertiary/aromatic N) is 5. The van der Waals surface area contributed by atoms with Crippen LogP contribution in [0.2, 0.25) is 0 Å². The molecule has 0 aliphatic carbocycles. The Bertz CT molecular complexity index is 794. The van der Waals surface area contributed by atoms with Gasteiger partial charge in [0.1, 0.15) is 6.10 Å². The Kier molecular flexibility index (Phi) is 4.58. The fourth-order valence-corrected chi connectivity index (χ4v) is 2.75. The Balaban J connectivity index is 1.71. The van der Waals surface area contributed by atoms with E-state index in [-0.39, 0.29) is 18.2 Å². The summed E-state index contributed by atoms with van der Waals surface area (Å²) < 4.78 is 1.77. The predicted octanol–water partition coefficient (Wildman–Crippen LogP) is 0.0823. The predicted molar refractivity (Wildman–Crippen MR) is 88.6 cm³/mol. The quantitative estimate of drug-likeness (QED) is 0.815. The second-order valence-corrected chi connectivity index (χ2v) is 6.43. The van der Waals surface area contributed by atoms with E-state index in [0.717, 1.165) is 11.4 Å². The molecule has 3 heterocycles. The molecular weight excluding hydrogens is 324 g/mol. The van der Waals surface area contributed by atoms with Crippen LogP contribution in [0.15, 0.2) is 12.3 Å². The summed E-state index contributed by atoms with van der Waals surface area (Å²) in [7, 11) is 3.29. The fraction of sp³-hybridized carbons (Fsp3) is 0.500. The van der Waals surface area contributed by atoms with Gasteiger partial charge in [-0.3, -0.25) is 14.3 Å². The highest BCUT2D eigenvalue weighted by Crippen LogP contribution is 2.21. The number of fused-ring (bicyclic) bond motifs is 1. The summed E-state index contributed by atoms with van der Waals surface area (Å²) in [5, 5.41) is 14.6. The van der Waals surface area contributed by atoms with Gasteiger partial charge in [-0.25, -0.2) is 4.98 Å². The van der Waals surface area contributed by atoms with Crippen molar-refractivity contribution in [1.29, 1.82) is 0 Å². The van der Waals surface area contributed by atoms with Gasteiger partial charge in [-0.2, -0.15) is 5.10 Å². The number of H-pyrrole nitrogens is 1. The summed E-state index contributed by atoms with van der Waals surface area (Å²) >= 11 is 0. The van der Waals surface area contributed by atoms with Crippen LogP contribution < -0.4 is 0 Å². The molecule has 0 unspecified atom stereocenters. The number of imidazole rings is 1. The first-order chi connectivity index (χ1) is 11.8. The molecule has 2 aromatic heterocycles. The Hall–Kier alpha value is -2.68. The molecule has 2 amide bonds. The molecule has 0 aromatic carbocycles. The molecule has 25 heavy (non-hydrogen) atoms. The van der Waals surface area contributed by atoms with Gasteiger partial charge < -0.3 is 19.9 Å². The van der Waals surface area contributed by atoms with Gasteiger partial charge in [-0.15, -0.1) is 0 Å². The van der Waals surface area contributed by atoms with E-state index in [4.69, 9.17) is 0 Å². The van der Waals surface area contributed by atoms with E-state index in [2.05, 4.69) is 15.1 Å². The van der Waals surface area contributed by atoms with Gasteiger partial charge in [0.25, 0.3) is 5.91 Å². The van der Waals surface area contributed by atoms with Gasteiger partial charge >= 0.3 is 0 Å². The summed E-state index contributed by atoms with van der Waals surface area (Å²) in [5.74, 6) is -0.00352. The average Bonchev–Trinajstić information content (AvgIpc) is 3.19. The van der Waals surface area contributed by atoms with Crippen LogP contribution in [-0.2, 0) is 17.9 Å². The van der Waals surface area contributed by atoms with Crippen molar-refractivity contribution in [2.75, 3.05) is 20.6 Å². The first-order valence-corrected chi connectivity index (χ1v) is 8.11. The Labute approximate surface area is 145 Å². The first-order valence-electron chi connectivity index (χ1n) is 8.11. The topological polar surface area (TPSA) is 107 Å². The summed E-state index contributed by atoms with van der Waals surface area (Å²) in [6.07, 6.45) is 0.653. The molecule has 134 valence electrons. The lowest BCUT2D eigenvalue weighted by atomic mass is 10.1. The van der Waals surface area contributed by atoms with Gasteiger partial charge in [0, 0.05) is 32.5 Å². The Morgan fingerprint density at radius 1 is 1.40 bits per heavy atom. The molecular formula is C16H22N6O3. The molecule has 1 aliphatic rings. The van der Waals surface area contributed by atoms with Crippen LogP contribution in [0.4, 0.5) is 0 Å². The minimum atomic E-state index is -0.954. The molecule has 0 radical (unpaired) electrons. The molecule has 1 atom stereocenters. The number of rotatable bonds is 4. The molecule has 3 rings (SSSR count). The maximum Gasteiger partial charge on any atom is 0.290 e. The minimum Gasteiger partial charge on any atom is -0.386 e.